The van der Waals surface area contributed by atoms with Gasteiger partial charge < -0.3 is 4.52 Å². The van der Waals surface area contributed by atoms with E-state index >= 15 is 0 Å². The van der Waals surface area contributed by atoms with Crippen molar-refractivity contribution in [2.45, 2.75) is 6.92 Å². The van der Waals surface area contributed by atoms with Crippen LogP contribution in [0.4, 0.5) is 0 Å². The summed E-state index contributed by atoms with van der Waals surface area (Å²) in [7, 11) is 0. The number of hydrogen-bond donors (Lipinski definition) is 0. The molecule has 11 heavy (non-hydrogen) atoms. The van der Waals surface area contributed by atoms with Gasteiger partial charge >= 0.3 is 0 Å². The van der Waals surface area contributed by atoms with E-state index in [0.29, 0.717) is 0 Å². The SMILES string of the molecule is Cc1ccc2oncc2c1Br. The van der Waals surface area contributed by atoms with Gasteiger partial charge in [-0.1, -0.05) is 11.2 Å². The number of aromatic nitrogens is 1. The molecule has 1 aromatic heterocycles. The van der Waals surface area contributed by atoms with Crippen LogP contribution in [0.25, 0.3) is 11.0 Å². The zero-order valence-corrected chi connectivity index (χ0v) is 7.55. The van der Waals surface area contributed by atoms with Gasteiger partial charge in [0, 0.05) is 4.47 Å². The molecule has 0 radical (unpaired) electrons. The molecule has 0 aliphatic rings. The lowest BCUT2D eigenvalue weighted by Gasteiger charge is -1.95. The van der Waals surface area contributed by atoms with Gasteiger partial charge in [0.2, 0.25) is 0 Å². The van der Waals surface area contributed by atoms with Crippen LogP contribution in [0.15, 0.2) is 27.3 Å². The van der Waals surface area contributed by atoms with E-state index in [1.807, 2.05) is 19.1 Å². The lowest BCUT2D eigenvalue weighted by atomic mass is 10.2. The molecule has 0 unspecified atom stereocenters. The highest BCUT2D eigenvalue weighted by Crippen LogP contribution is 2.26. The molecule has 56 valence electrons. The van der Waals surface area contributed by atoms with Crippen molar-refractivity contribution in [3.8, 4) is 0 Å². The van der Waals surface area contributed by atoms with Crippen molar-refractivity contribution < 1.29 is 4.52 Å². The summed E-state index contributed by atoms with van der Waals surface area (Å²) in [6.07, 6.45) is 1.71. The molecule has 0 spiro atoms. The molecule has 0 aliphatic carbocycles. The van der Waals surface area contributed by atoms with Crippen LogP contribution < -0.4 is 0 Å². The number of halogens is 1. The van der Waals surface area contributed by atoms with Gasteiger partial charge in [-0.15, -0.1) is 0 Å². The molecular formula is C8H6BrNO. The van der Waals surface area contributed by atoms with Crippen LogP contribution in [0.1, 0.15) is 5.56 Å². The molecule has 0 atom stereocenters. The third-order valence-corrected chi connectivity index (χ3v) is 2.72. The third kappa shape index (κ3) is 0.959. The summed E-state index contributed by atoms with van der Waals surface area (Å²) in [6, 6.07) is 3.92. The number of aryl methyl sites for hydroxylation is 1. The Morgan fingerprint density at radius 2 is 2.27 bits per heavy atom. The summed E-state index contributed by atoms with van der Waals surface area (Å²) in [6.45, 7) is 2.04. The number of nitrogens with zero attached hydrogens (tertiary/aromatic N) is 1. The second-order valence-corrected chi connectivity index (χ2v) is 3.23. The minimum absolute atomic E-state index is 0.822. The predicted octanol–water partition coefficient (Wildman–Crippen LogP) is 2.90. The first-order chi connectivity index (χ1) is 5.29. The van der Waals surface area contributed by atoms with E-state index in [9.17, 15) is 0 Å². The van der Waals surface area contributed by atoms with Crippen molar-refractivity contribution in [3.63, 3.8) is 0 Å². The summed E-state index contributed by atoms with van der Waals surface area (Å²) in [5.41, 5.74) is 2.02. The fourth-order valence-electron chi connectivity index (χ4n) is 1.02. The van der Waals surface area contributed by atoms with Crippen LogP contribution in [0.3, 0.4) is 0 Å². The molecule has 1 heterocycles. The Kier molecular flexibility index (Phi) is 1.46. The predicted molar refractivity (Wildman–Crippen MR) is 46.4 cm³/mol. The molecule has 2 rings (SSSR count). The van der Waals surface area contributed by atoms with Crippen LogP contribution >= 0.6 is 15.9 Å². The molecule has 0 saturated carbocycles. The van der Waals surface area contributed by atoms with Crippen LogP contribution in [0, 0.1) is 6.92 Å². The van der Waals surface area contributed by atoms with Gasteiger partial charge in [0.25, 0.3) is 0 Å². The third-order valence-electron chi connectivity index (χ3n) is 1.67. The number of rotatable bonds is 0. The second kappa shape index (κ2) is 2.34. The minimum Gasteiger partial charge on any atom is -0.356 e. The van der Waals surface area contributed by atoms with E-state index in [4.69, 9.17) is 4.52 Å². The van der Waals surface area contributed by atoms with Gasteiger partial charge in [-0.25, -0.2) is 0 Å². The lowest BCUT2D eigenvalue weighted by molar-refractivity contribution is 0.456. The van der Waals surface area contributed by atoms with E-state index in [1.54, 1.807) is 6.20 Å². The maximum atomic E-state index is 4.97. The Labute approximate surface area is 72.3 Å². The molecule has 0 fully saturated rings. The lowest BCUT2D eigenvalue weighted by Crippen LogP contribution is -1.73. The molecule has 2 aromatic rings. The largest absolute Gasteiger partial charge is 0.356 e. The molecule has 3 heteroatoms. The highest BCUT2D eigenvalue weighted by Gasteiger charge is 2.03. The van der Waals surface area contributed by atoms with E-state index in [-0.39, 0.29) is 0 Å². The monoisotopic (exact) mass is 211 g/mol. The average molecular weight is 212 g/mol. The summed E-state index contributed by atoms with van der Waals surface area (Å²) >= 11 is 3.46. The molecule has 0 N–H and O–H groups in total. The number of fused-ring (bicyclic) bond motifs is 1. The topological polar surface area (TPSA) is 26.0 Å². The summed E-state index contributed by atoms with van der Waals surface area (Å²) in [5, 5.41) is 4.73. The Bertz CT molecular complexity index is 394. The molecule has 0 aliphatic heterocycles. The molecule has 2 nitrogen and oxygen atoms in total. The van der Waals surface area contributed by atoms with Gasteiger partial charge in [0.1, 0.15) is 0 Å². The molecular weight excluding hydrogens is 206 g/mol. The fourth-order valence-corrected chi connectivity index (χ4v) is 1.45. The van der Waals surface area contributed by atoms with Crippen molar-refractivity contribution >= 4 is 26.9 Å². The fraction of sp³-hybridized carbons (Fsp3) is 0.125. The smallest absolute Gasteiger partial charge is 0.167 e. The van der Waals surface area contributed by atoms with Gasteiger partial charge in [-0.05, 0) is 34.5 Å². The van der Waals surface area contributed by atoms with Crippen molar-refractivity contribution in [2.75, 3.05) is 0 Å². The summed E-state index contributed by atoms with van der Waals surface area (Å²) in [4.78, 5) is 0. The van der Waals surface area contributed by atoms with Crippen molar-refractivity contribution in [1.82, 2.24) is 5.16 Å². The number of benzene rings is 1. The molecule has 0 saturated heterocycles. The summed E-state index contributed by atoms with van der Waals surface area (Å²) < 4.78 is 6.04. The zero-order chi connectivity index (χ0) is 7.84. The summed E-state index contributed by atoms with van der Waals surface area (Å²) in [5.74, 6) is 0. The highest BCUT2D eigenvalue weighted by molar-refractivity contribution is 9.10. The first-order valence-corrected chi connectivity index (χ1v) is 4.08. The second-order valence-electron chi connectivity index (χ2n) is 2.43. The maximum Gasteiger partial charge on any atom is 0.167 e. The van der Waals surface area contributed by atoms with Crippen LogP contribution in [0.5, 0.6) is 0 Å². The van der Waals surface area contributed by atoms with E-state index < -0.39 is 0 Å². The first kappa shape index (κ1) is 6.85. The quantitative estimate of drug-likeness (QED) is 0.670. The maximum absolute atomic E-state index is 4.97. The van der Waals surface area contributed by atoms with Crippen LogP contribution in [0.2, 0.25) is 0 Å². The average Bonchev–Trinajstić information content (AvgIpc) is 2.45. The van der Waals surface area contributed by atoms with Gasteiger partial charge in [-0.2, -0.15) is 0 Å². The van der Waals surface area contributed by atoms with Gasteiger partial charge in [0.05, 0.1) is 11.6 Å². The Morgan fingerprint density at radius 1 is 1.45 bits per heavy atom. The molecule has 0 amide bonds. The standard InChI is InChI=1S/C8H6BrNO/c1-5-2-3-7-6(8(5)9)4-10-11-7/h2-4H,1H3. The normalized spacial score (nSPS) is 10.7. The number of hydrogen-bond acceptors (Lipinski definition) is 2. The Morgan fingerprint density at radius 3 is 3.09 bits per heavy atom. The highest BCUT2D eigenvalue weighted by atomic mass is 79.9. The van der Waals surface area contributed by atoms with Crippen LogP contribution in [-0.2, 0) is 0 Å². The Hall–Kier alpha value is -0.830. The van der Waals surface area contributed by atoms with Crippen molar-refractivity contribution in [3.05, 3.63) is 28.4 Å². The van der Waals surface area contributed by atoms with E-state index in [2.05, 4.69) is 21.1 Å². The van der Waals surface area contributed by atoms with Gasteiger partial charge in [0.15, 0.2) is 5.58 Å². The van der Waals surface area contributed by atoms with E-state index in [1.165, 1.54) is 5.56 Å². The minimum atomic E-state index is 0.822. The molecule has 0 bridgehead atoms. The van der Waals surface area contributed by atoms with Gasteiger partial charge in [-0.3, -0.25) is 0 Å². The van der Waals surface area contributed by atoms with Crippen molar-refractivity contribution in [2.24, 2.45) is 0 Å². The van der Waals surface area contributed by atoms with Crippen molar-refractivity contribution in [1.29, 1.82) is 0 Å². The van der Waals surface area contributed by atoms with Crippen LogP contribution in [-0.4, -0.2) is 5.16 Å². The Balaban J connectivity index is 2.93. The zero-order valence-electron chi connectivity index (χ0n) is 5.97. The molecule has 1 aromatic carbocycles. The van der Waals surface area contributed by atoms with E-state index in [0.717, 1.165) is 15.4 Å². The first-order valence-electron chi connectivity index (χ1n) is 3.28.